The number of amides is 1. The molecular formula is C13H16BrF3N2O2. The number of halogens is 4. The fourth-order valence-electron chi connectivity index (χ4n) is 1.54. The molecule has 8 heteroatoms. The Labute approximate surface area is 129 Å². The van der Waals surface area contributed by atoms with Crippen LogP contribution in [0.15, 0.2) is 22.7 Å². The summed E-state index contributed by atoms with van der Waals surface area (Å²) in [5.74, 6) is -0.265. The number of alkyl halides is 3. The van der Waals surface area contributed by atoms with Gasteiger partial charge in [-0.05, 0) is 41.1 Å². The first-order chi connectivity index (χ1) is 9.75. The van der Waals surface area contributed by atoms with E-state index < -0.39 is 17.8 Å². The van der Waals surface area contributed by atoms with Crippen molar-refractivity contribution in [1.82, 2.24) is 5.32 Å². The van der Waals surface area contributed by atoms with Gasteiger partial charge in [0, 0.05) is 23.8 Å². The monoisotopic (exact) mass is 368 g/mol. The number of hydrogen-bond donors (Lipinski definition) is 2. The maximum atomic E-state index is 12.5. The standard InChI is InChI=1S/C13H16BrF3N2O2/c1-8(12(20)18-5-6-21-2)19-11-4-3-9(7-10(11)14)13(15,16)17/h3-4,7-8,19H,5-6H2,1-2H3,(H,18,20). The van der Waals surface area contributed by atoms with Crippen LogP contribution in [0.25, 0.3) is 0 Å². The van der Waals surface area contributed by atoms with E-state index in [4.69, 9.17) is 4.74 Å². The van der Waals surface area contributed by atoms with Crippen LogP contribution in [0.5, 0.6) is 0 Å². The SMILES string of the molecule is COCCNC(=O)C(C)Nc1ccc(C(F)(F)F)cc1Br. The molecule has 21 heavy (non-hydrogen) atoms. The molecule has 1 amide bonds. The maximum Gasteiger partial charge on any atom is 0.416 e. The van der Waals surface area contributed by atoms with E-state index in [-0.39, 0.29) is 10.4 Å². The Hall–Kier alpha value is -1.28. The highest BCUT2D eigenvalue weighted by Crippen LogP contribution is 2.34. The second-order valence-corrected chi connectivity index (χ2v) is 5.20. The van der Waals surface area contributed by atoms with E-state index in [1.54, 1.807) is 6.92 Å². The number of nitrogens with one attached hydrogen (secondary N) is 2. The van der Waals surface area contributed by atoms with Crippen molar-refractivity contribution >= 4 is 27.5 Å². The molecule has 0 radical (unpaired) electrons. The average Bonchev–Trinajstić information content (AvgIpc) is 2.39. The van der Waals surface area contributed by atoms with Crippen LogP contribution in [-0.2, 0) is 15.7 Å². The van der Waals surface area contributed by atoms with Gasteiger partial charge in [-0.2, -0.15) is 13.2 Å². The van der Waals surface area contributed by atoms with Crippen molar-refractivity contribution in [1.29, 1.82) is 0 Å². The predicted octanol–water partition coefficient (Wildman–Crippen LogP) is 3.03. The summed E-state index contributed by atoms with van der Waals surface area (Å²) in [6, 6.07) is 2.63. The summed E-state index contributed by atoms with van der Waals surface area (Å²) >= 11 is 3.07. The third kappa shape index (κ3) is 5.55. The van der Waals surface area contributed by atoms with Crippen molar-refractivity contribution < 1.29 is 22.7 Å². The average molecular weight is 369 g/mol. The Morgan fingerprint density at radius 2 is 2.10 bits per heavy atom. The first-order valence-electron chi connectivity index (χ1n) is 6.15. The maximum absolute atomic E-state index is 12.5. The van der Waals surface area contributed by atoms with E-state index >= 15 is 0 Å². The van der Waals surface area contributed by atoms with Gasteiger partial charge in [-0.15, -0.1) is 0 Å². The number of ether oxygens (including phenoxy) is 1. The molecule has 1 rings (SSSR count). The van der Waals surface area contributed by atoms with Crippen LogP contribution in [0.2, 0.25) is 0 Å². The van der Waals surface area contributed by atoms with Crippen molar-refractivity contribution in [2.45, 2.75) is 19.1 Å². The van der Waals surface area contributed by atoms with Gasteiger partial charge in [-0.25, -0.2) is 0 Å². The van der Waals surface area contributed by atoms with E-state index in [9.17, 15) is 18.0 Å². The molecule has 0 saturated carbocycles. The van der Waals surface area contributed by atoms with Crippen molar-refractivity contribution in [2.24, 2.45) is 0 Å². The molecule has 0 aliphatic rings. The Balaban J connectivity index is 2.68. The van der Waals surface area contributed by atoms with Crippen LogP contribution >= 0.6 is 15.9 Å². The zero-order valence-corrected chi connectivity index (χ0v) is 13.1. The second kappa shape index (κ2) is 7.65. The van der Waals surface area contributed by atoms with Crippen LogP contribution in [0.1, 0.15) is 12.5 Å². The van der Waals surface area contributed by atoms with Gasteiger partial charge >= 0.3 is 6.18 Å². The molecule has 0 aromatic heterocycles. The van der Waals surface area contributed by atoms with Gasteiger partial charge in [0.2, 0.25) is 5.91 Å². The predicted molar refractivity (Wildman–Crippen MR) is 77.1 cm³/mol. The molecule has 0 heterocycles. The van der Waals surface area contributed by atoms with Gasteiger partial charge in [-0.3, -0.25) is 4.79 Å². The topological polar surface area (TPSA) is 50.4 Å². The zero-order chi connectivity index (χ0) is 16.0. The van der Waals surface area contributed by atoms with E-state index in [1.165, 1.54) is 13.2 Å². The molecule has 4 nitrogen and oxygen atoms in total. The van der Waals surface area contributed by atoms with E-state index in [0.717, 1.165) is 12.1 Å². The smallest absolute Gasteiger partial charge is 0.383 e. The van der Waals surface area contributed by atoms with E-state index in [2.05, 4.69) is 26.6 Å². The Kier molecular flexibility index (Phi) is 6.47. The molecule has 0 saturated heterocycles. The highest BCUT2D eigenvalue weighted by atomic mass is 79.9. The third-order valence-corrected chi connectivity index (χ3v) is 3.32. The summed E-state index contributed by atoms with van der Waals surface area (Å²) in [5.41, 5.74) is -0.338. The summed E-state index contributed by atoms with van der Waals surface area (Å²) in [6.07, 6.45) is -4.40. The lowest BCUT2D eigenvalue weighted by molar-refractivity contribution is -0.137. The summed E-state index contributed by atoms with van der Waals surface area (Å²) in [4.78, 5) is 11.7. The normalized spacial score (nSPS) is 12.9. The molecule has 0 bridgehead atoms. The zero-order valence-electron chi connectivity index (χ0n) is 11.6. The highest BCUT2D eigenvalue weighted by Gasteiger charge is 2.31. The van der Waals surface area contributed by atoms with Gasteiger partial charge < -0.3 is 15.4 Å². The molecule has 1 aromatic rings. The number of carbonyl (C=O) groups excluding carboxylic acids is 1. The molecule has 1 unspecified atom stereocenters. The molecule has 118 valence electrons. The quantitative estimate of drug-likeness (QED) is 0.758. The van der Waals surface area contributed by atoms with Crippen LogP contribution in [0, 0.1) is 0 Å². The first kappa shape index (κ1) is 17.8. The molecule has 1 atom stereocenters. The van der Waals surface area contributed by atoms with Crippen molar-refractivity contribution in [3.05, 3.63) is 28.2 Å². The summed E-state index contributed by atoms with van der Waals surface area (Å²) in [6.45, 7) is 2.38. The largest absolute Gasteiger partial charge is 0.416 e. The van der Waals surface area contributed by atoms with E-state index in [1.807, 2.05) is 0 Å². The van der Waals surface area contributed by atoms with Gasteiger partial charge in [-0.1, -0.05) is 0 Å². The molecule has 0 aliphatic carbocycles. The first-order valence-corrected chi connectivity index (χ1v) is 6.95. The fraction of sp³-hybridized carbons (Fsp3) is 0.462. The highest BCUT2D eigenvalue weighted by molar-refractivity contribution is 9.10. The molecule has 0 fully saturated rings. The number of methoxy groups -OCH3 is 1. The lowest BCUT2D eigenvalue weighted by Crippen LogP contribution is -2.39. The van der Waals surface area contributed by atoms with Crippen LogP contribution in [0.4, 0.5) is 18.9 Å². The van der Waals surface area contributed by atoms with Crippen LogP contribution < -0.4 is 10.6 Å². The Morgan fingerprint density at radius 1 is 1.43 bits per heavy atom. The van der Waals surface area contributed by atoms with Crippen molar-refractivity contribution in [3.63, 3.8) is 0 Å². The number of benzene rings is 1. The van der Waals surface area contributed by atoms with Crippen LogP contribution in [-0.4, -0.2) is 32.2 Å². The summed E-state index contributed by atoms with van der Waals surface area (Å²) in [7, 11) is 1.52. The minimum absolute atomic E-state index is 0.244. The lowest BCUT2D eigenvalue weighted by atomic mass is 10.2. The number of hydrogen-bond acceptors (Lipinski definition) is 3. The van der Waals surface area contributed by atoms with Gasteiger partial charge in [0.05, 0.1) is 12.2 Å². The number of rotatable bonds is 6. The molecule has 0 aliphatic heterocycles. The number of carbonyl (C=O) groups is 1. The van der Waals surface area contributed by atoms with E-state index in [0.29, 0.717) is 18.8 Å². The lowest BCUT2D eigenvalue weighted by Gasteiger charge is -2.17. The van der Waals surface area contributed by atoms with Crippen LogP contribution in [0.3, 0.4) is 0 Å². The minimum Gasteiger partial charge on any atom is -0.383 e. The Bertz CT molecular complexity index is 495. The van der Waals surface area contributed by atoms with Crippen molar-refractivity contribution in [2.75, 3.05) is 25.6 Å². The summed E-state index contributed by atoms with van der Waals surface area (Å²) in [5, 5.41) is 5.49. The second-order valence-electron chi connectivity index (χ2n) is 4.34. The summed E-state index contributed by atoms with van der Waals surface area (Å²) < 4.78 is 42.7. The Morgan fingerprint density at radius 3 is 2.62 bits per heavy atom. The minimum atomic E-state index is -4.40. The van der Waals surface area contributed by atoms with Crippen molar-refractivity contribution in [3.8, 4) is 0 Å². The molecule has 2 N–H and O–H groups in total. The van der Waals surface area contributed by atoms with Gasteiger partial charge in [0.15, 0.2) is 0 Å². The fourth-order valence-corrected chi connectivity index (χ4v) is 2.03. The number of anilines is 1. The molecule has 1 aromatic carbocycles. The van der Waals surface area contributed by atoms with Gasteiger partial charge in [0.1, 0.15) is 6.04 Å². The molecular weight excluding hydrogens is 353 g/mol. The third-order valence-electron chi connectivity index (χ3n) is 2.67. The molecule has 0 spiro atoms. The van der Waals surface area contributed by atoms with Gasteiger partial charge in [0.25, 0.3) is 0 Å².